The lowest BCUT2D eigenvalue weighted by molar-refractivity contribution is -0.110. The highest BCUT2D eigenvalue weighted by atomic mass is 35.5. The zero-order valence-corrected chi connectivity index (χ0v) is 17.0. The van der Waals surface area contributed by atoms with Gasteiger partial charge in [-0.1, -0.05) is 48.0 Å². The van der Waals surface area contributed by atoms with Gasteiger partial charge >= 0.3 is 5.97 Å². The zero-order valence-electron chi connectivity index (χ0n) is 16.2. The van der Waals surface area contributed by atoms with Crippen molar-refractivity contribution in [1.82, 2.24) is 0 Å². The quantitative estimate of drug-likeness (QED) is 0.427. The van der Waals surface area contributed by atoms with E-state index in [9.17, 15) is 9.59 Å². The average molecular weight is 419 g/mol. The van der Waals surface area contributed by atoms with Gasteiger partial charge in [0, 0.05) is 16.3 Å². The Morgan fingerprint density at radius 2 is 1.73 bits per heavy atom. The second kappa shape index (κ2) is 8.43. The Morgan fingerprint density at radius 1 is 1.00 bits per heavy atom. The number of carbonyl (C=O) groups excluding carboxylic acids is 2. The van der Waals surface area contributed by atoms with E-state index in [1.165, 1.54) is 0 Å². The zero-order chi connectivity index (χ0) is 21.1. The predicted octanol–water partition coefficient (Wildman–Crippen LogP) is 5.45. The van der Waals surface area contributed by atoms with Crippen LogP contribution < -0.4 is 10.6 Å². The van der Waals surface area contributed by atoms with Gasteiger partial charge in [-0.15, -0.1) is 0 Å². The van der Waals surface area contributed by atoms with Crippen LogP contribution in [0.4, 0.5) is 11.4 Å². The van der Waals surface area contributed by atoms with Gasteiger partial charge in [0.05, 0.1) is 29.1 Å². The van der Waals surface area contributed by atoms with Crippen LogP contribution in [0.2, 0.25) is 5.02 Å². The van der Waals surface area contributed by atoms with Crippen molar-refractivity contribution in [3.63, 3.8) is 0 Å². The van der Waals surface area contributed by atoms with Gasteiger partial charge in [-0.05, 0) is 48.9 Å². The fraction of sp³-hybridized carbons (Fsp3) is 0.0833. The maximum absolute atomic E-state index is 12.8. The summed E-state index contributed by atoms with van der Waals surface area (Å²) in [6.07, 6.45) is 0. The second-order valence-electron chi connectivity index (χ2n) is 6.68. The van der Waals surface area contributed by atoms with E-state index in [-0.39, 0.29) is 11.9 Å². The van der Waals surface area contributed by atoms with E-state index in [2.05, 4.69) is 10.6 Å². The normalized spacial score (nSPS) is 14.0. The number of esters is 1. The van der Waals surface area contributed by atoms with Crippen LogP contribution >= 0.6 is 11.6 Å². The van der Waals surface area contributed by atoms with Gasteiger partial charge in [0.2, 0.25) is 0 Å². The molecule has 0 unspecified atom stereocenters. The minimum atomic E-state index is -0.369. The van der Waals surface area contributed by atoms with Gasteiger partial charge in [0.15, 0.2) is 0 Å². The summed E-state index contributed by atoms with van der Waals surface area (Å²) in [6, 6.07) is 21.9. The van der Waals surface area contributed by atoms with Crippen LogP contribution in [-0.4, -0.2) is 18.5 Å². The summed E-state index contributed by atoms with van der Waals surface area (Å²) in [5.74, 6) is -0.576. The van der Waals surface area contributed by atoms with E-state index in [4.69, 9.17) is 16.3 Å². The molecule has 1 aliphatic heterocycles. The molecule has 1 aliphatic rings. The van der Waals surface area contributed by atoms with Crippen LogP contribution in [0, 0.1) is 0 Å². The Labute approximate surface area is 179 Å². The summed E-state index contributed by atoms with van der Waals surface area (Å²) >= 11 is 6.09. The number of anilines is 2. The number of fused-ring (bicyclic) bond motifs is 1. The third kappa shape index (κ3) is 3.93. The lowest BCUT2D eigenvalue weighted by Gasteiger charge is -2.15. The molecule has 5 nitrogen and oxygen atoms in total. The molecule has 150 valence electrons. The van der Waals surface area contributed by atoms with Gasteiger partial charge in [0.25, 0.3) is 5.91 Å². The van der Waals surface area contributed by atoms with Crippen molar-refractivity contribution in [3.8, 4) is 0 Å². The lowest BCUT2D eigenvalue weighted by atomic mass is 10.00. The van der Waals surface area contributed by atoms with E-state index in [1.54, 1.807) is 43.3 Å². The van der Waals surface area contributed by atoms with E-state index < -0.39 is 0 Å². The van der Waals surface area contributed by atoms with Gasteiger partial charge in [-0.2, -0.15) is 0 Å². The predicted molar refractivity (Wildman–Crippen MR) is 119 cm³/mol. The van der Waals surface area contributed by atoms with Crippen molar-refractivity contribution >= 4 is 46.1 Å². The van der Waals surface area contributed by atoms with Crippen molar-refractivity contribution in [1.29, 1.82) is 0 Å². The van der Waals surface area contributed by atoms with Crippen molar-refractivity contribution in [2.75, 3.05) is 17.2 Å². The molecule has 6 heteroatoms. The molecule has 3 aromatic carbocycles. The largest absolute Gasteiger partial charge is 0.462 e. The molecule has 0 fully saturated rings. The van der Waals surface area contributed by atoms with Crippen LogP contribution in [0.25, 0.3) is 11.3 Å². The van der Waals surface area contributed by atoms with E-state index in [0.717, 1.165) is 16.8 Å². The molecule has 0 saturated heterocycles. The number of rotatable bonds is 5. The summed E-state index contributed by atoms with van der Waals surface area (Å²) in [4.78, 5) is 24.8. The maximum atomic E-state index is 12.8. The van der Waals surface area contributed by atoms with Crippen molar-refractivity contribution in [3.05, 3.63) is 94.5 Å². The van der Waals surface area contributed by atoms with Crippen LogP contribution in [-0.2, 0) is 9.53 Å². The molecule has 4 rings (SSSR count). The molecule has 0 aliphatic carbocycles. The summed E-state index contributed by atoms with van der Waals surface area (Å²) in [7, 11) is 0. The molecule has 0 radical (unpaired) electrons. The number of nitrogens with one attached hydrogen (secondary N) is 2. The van der Waals surface area contributed by atoms with Crippen LogP contribution in [0.15, 0.2) is 72.8 Å². The summed E-state index contributed by atoms with van der Waals surface area (Å²) < 4.78 is 5.03. The maximum Gasteiger partial charge on any atom is 0.338 e. The molecule has 0 saturated carbocycles. The highest BCUT2D eigenvalue weighted by molar-refractivity contribution is 6.38. The Hall–Kier alpha value is -3.57. The van der Waals surface area contributed by atoms with Crippen molar-refractivity contribution in [2.24, 2.45) is 0 Å². The van der Waals surface area contributed by atoms with Gasteiger partial charge < -0.3 is 15.4 Å². The molecule has 2 N–H and O–H groups in total. The minimum Gasteiger partial charge on any atom is -0.462 e. The number of halogens is 1. The highest BCUT2D eigenvalue weighted by Gasteiger charge is 2.28. The molecule has 3 aromatic rings. The topological polar surface area (TPSA) is 67.4 Å². The molecule has 0 atom stereocenters. The molecule has 0 spiro atoms. The number of amides is 1. The monoisotopic (exact) mass is 418 g/mol. The lowest BCUT2D eigenvalue weighted by Crippen LogP contribution is -2.10. The summed E-state index contributed by atoms with van der Waals surface area (Å²) in [6.45, 7) is 2.09. The molecular formula is C24H19ClN2O3. The molecule has 1 amide bonds. The molecule has 0 bridgehead atoms. The second-order valence-corrected chi connectivity index (χ2v) is 7.12. The third-order valence-corrected chi connectivity index (χ3v) is 4.94. The van der Waals surface area contributed by atoms with Crippen LogP contribution in [0.5, 0.6) is 0 Å². The first kappa shape index (κ1) is 19.7. The third-order valence-electron chi connectivity index (χ3n) is 4.70. The minimum absolute atomic E-state index is 0.207. The number of hydrogen-bond donors (Lipinski definition) is 2. The summed E-state index contributed by atoms with van der Waals surface area (Å²) in [5.41, 5.74) is 4.72. The van der Waals surface area contributed by atoms with Crippen LogP contribution in [0.1, 0.15) is 28.4 Å². The first-order chi connectivity index (χ1) is 14.6. The first-order valence-corrected chi connectivity index (χ1v) is 9.90. The molecule has 30 heavy (non-hydrogen) atoms. The average Bonchev–Trinajstić information content (AvgIpc) is 3.08. The molecule has 1 heterocycles. The molecule has 0 aromatic heterocycles. The summed E-state index contributed by atoms with van der Waals surface area (Å²) in [5, 5.41) is 6.79. The van der Waals surface area contributed by atoms with Crippen molar-refractivity contribution in [2.45, 2.75) is 6.92 Å². The van der Waals surface area contributed by atoms with E-state index in [0.29, 0.717) is 34.2 Å². The number of benzene rings is 3. The Kier molecular flexibility index (Phi) is 5.55. The number of carbonyl (C=O) groups is 2. The fourth-order valence-corrected chi connectivity index (χ4v) is 3.50. The van der Waals surface area contributed by atoms with Gasteiger partial charge in [-0.3, -0.25) is 4.79 Å². The van der Waals surface area contributed by atoms with Crippen LogP contribution in [0.3, 0.4) is 0 Å². The van der Waals surface area contributed by atoms with Crippen molar-refractivity contribution < 1.29 is 14.3 Å². The van der Waals surface area contributed by atoms with E-state index >= 15 is 0 Å². The fourth-order valence-electron chi connectivity index (χ4n) is 3.33. The SMILES string of the molecule is CCOC(=O)c1ccc(NC(=C2C(=O)Nc3cc(Cl)ccc32)c2ccccc2)cc1. The Bertz CT molecular complexity index is 1140. The van der Waals surface area contributed by atoms with Gasteiger partial charge in [0.1, 0.15) is 0 Å². The van der Waals surface area contributed by atoms with E-state index in [1.807, 2.05) is 36.4 Å². The first-order valence-electron chi connectivity index (χ1n) is 9.52. The highest BCUT2D eigenvalue weighted by Crippen LogP contribution is 2.38. The number of ether oxygens (including phenoxy) is 1. The smallest absolute Gasteiger partial charge is 0.338 e. The van der Waals surface area contributed by atoms with Gasteiger partial charge in [-0.25, -0.2) is 4.79 Å². The molecular weight excluding hydrogens is 400 g/mol. The standard InChI is InChI=1S/C24H19ClN2O3/c1-2-30-24(29)16-8-11-18(12-9-16)26-22(15-6-4-3-5-7-15)21-19-13-10-17(25)14-20(19)27-23(21)28/h3-14,26H,2H2,1H3,(H,27,28). The Morgan fingerprint density at radius 3 is 2.43 bits per heavy atom. The Balaban J connectivity index is 1.77. The number of hydrogen-bond acceptors (Lipinski definition) is 4.